The van der Waals surface area contributed by atoms with E-state index in [1.54, 1.807) is 7.11 Å². The van der Waals surface area contributed by atoms with Crippen LogP contribution in [-0.4, -0.2) is 13.2 Å². The molecule has 1 atom stereocenters. The molecule has 0 bridgehead atoms. The minimum absolute atomic E-state index is 0.240. The van der Waals surface area contributed by atoms with Crippen LogP contribution < -0.4 is 5.90 Å². The van der Waals surface area contributed by atoms with Crippen molar-refractivity contribution in [2.75, 3.05) is 7.11 Å². The van der Waals surface area contributed by atoms with Gasteiger partial charge in [-0.1, -0.05) is 24.3 Å². The van der Waals surface area contributed by atoms with Crippen LogP contribution in [-0.2, 0) is 22.6 Å². The molecule has 0 spiro atoms. The van der Waals surface area contributed by atoms with E-state index in [4.69, 9.17) is 10.6 Å². The van der Waals surface area contributed by atoms with E-state index in [-0.39, 0.29) is 6.10 Å². The van der Waals surface area contributed by atoms with Crippen LogP contribution in [0.3, 0.4) is 0 Å². The van der Waals surface area contributed by atoms with E-state index >= 15 is 0 Å². The van der Waals surface area contributed by atoms with Crippen molar-refractivity contribution < 1.29 is 9.57 Å². The van der Waals surface area contributed by atoms with E-state index in [0.29, 0.717) is 6.61 Å². The van der Waals surface area contributed by atoms with Gasteiger partial charge in [-0.2, -0.15) is 0 Å². The summed E-state index contributed by atoms with van der Waals surface area (Å²) in [4.78, 5) is 4.58. The van der Waals surface area contributed by atoms with E-state index in [1.165, 1.54) is 5.56 Å². The highest BCUT2D eigenvalue weighted by atomic mass is 16.6. The predicted octanol–water partition coefficient (Wildman–Crippen LogP) is 1.65. The van der Waals surface area contributed by atoms with Crippen molar-refractivity contribution >= 4 is 0 Å². The minimum atomic E-state index is 0.240. The maximum absolute atomic E-state index is 5.20. The third kappa shape index (κ3) is 3.46. The summed E-state index contributed by atoms with van der Waals surface area (Å²) in [6.45, 7) is 2.50. The van der Waals surface area contributed by atoms with Crippen molar-refractivity contribution in [2.24, 2.45) is 5.90 Å². The molecule has 0 aliphatic rings. The van der Waals surface area contributed by atoms with Gasteiger partial charge in [-0.15, -0.1) is 0 Å². The minimum Gasteiger partial charge on any atom is -0.381 e. The van der Waals surface area contributed by atoms with Gasteiger partial charge in [-0.3, -0.25) is 4.84 Å². The van der Waals surface area contributed by atoms with Gasteiger partial charge in [-0.25, -0.2) is 5.90 Å². The fraction of sp³-hybridized carbons (Fsp3) is 0.455. The Morgan fingerprint density at radius 2 is 2.07 bits per heavy atom. The zero-order chi connectivity index (χ0) is 10.4. The van der Waals surface area contributed by atoms with E-state index in [0.717, 1.165) is 12.0 Å². The van der Waals surface area contributed by atoms with Crippen molar-refractivity contribution in [3.05, 3.63) is 35.4 Å². The second-order valence-electron chi connectivity index (χ2n) is 3.38. The Bertz CT molecular complexity index is 276. The van der Waals surface area contributed by atoms with Gasteiger partial charge in [0.25, 0.3) is 0 Å². The Hall–Kier alpha value is -0.900. The van der Waals surface area contributed by atoms with Crippen molar-refractivity contribution in [2.45, 2.75) is 26.1 Å². The van der Waals surface area contributed by atoms with Gasteiger partial charge >= 0.3 is 0 Å². The number of ether oxygens (including phenoxy) is 1. The average molecular weight is 195 g/mol. The highest BCUT2D eigenvalue weighted by Gasteiger charge is 2.02. The first-order chi connectivity index (χ1) is 6.76. The highest BCUT2D eigenvalue weighted by molar-refractivity contribution is 5.23. The molecular weight excluding hydrogens is 178 g/mol. The van der Waals surface area contributed by atoms with Gasteiger partial charge in [0, 0.05) is 7.11 Å². The largest absolute Gasteiger partial charge is 0.381 e. The van der Waals surface area contributed by atoms with Crippen LogP contribution >= 0.6 is 0 Å². The molecule has 0 radical (unpaired) electrons. The lowest BCUT2D eigenvalue weighted by Gasteiger charge is -2.10. The van der Waals surface area contributed by atoms with Crippen molar-refractivity contribution in [3.63, 3.8) is 0 Å². The first-order valence-corrected chi connectivity index (χ1v) is 4.68. The lowest BCUT2D eigenvalue weighted by molar-refractivity contribution is 0.118. The van der Waals surface area contributed by atoms with Crippen molar-refractivity contribution in [1.82, 2.24) is 0 Å². The maximum atomic E-state index is 5.20. The van der Waals surface area contributed by atoms with Crippen LogP contribution in [0.1, 0.15) is 18.1 Å². The first kappa shape index (κ1) is 11.2. The SMILES string of the molecule is COC(C)Cc1cccc(CON)c1. The van der Waals surface area contributed by atoms with Gasteiger partial charge in [0.15, 0.2) is 0 Å². The molecule has 3 nitrogen and oxygen atoms in total. The van der Waals surface area contributed by atoms with Crippen LogP contribution in [0.15, 0.2) is 24.3 Å². The summed E-state index contributed by atoms with van der Waals surface area (Å²) < 4.78 is 5.20. The number of hydrogen-bond acceptors (Lipinski definition) is 3. The van der Waals surface area contributed by atoms with Gasteiger partial charge in [-0.05, 0) is 24.5 Å². The maximum Gasteiger partial charge on any atom is 0.0930 e. The van der Waals surface area contributed by atoms with Gasteiger partial charge in [0.1, 0.15) is 0 Å². The van der Waals surface area contributed by atoms with Crippen LogP contribution in [0.4, 0.5) is 0 Å². The summed E-state index contributed by atoms with van der Waals surface area (Å²) in [5, 5.41) is 0. The quantitative estimate of drug-likeness (QED) is 0.727. The number of rotatable bonds is 5. The molecule has 3 heteroatoms. The third-order valence-corrected chi connectivity index (χ3v) is 2.17. The first-order valence-electron chi connectivity index (χ1n) is 4.68. The summed E-state index contributed by atoms with van der Waals surface area (Å²) in [7, 11) is 1.72. The van der Waals surface area contributed by atoms with E-state index in [2.05, 4.69) is 17.0 Å². The van der Waals surface area contributed by atoms with Crippen LogP contribution in [0.2, 0.25) is 0 Å². The van der Waals surface area contributed by atoms with Crippen molar-refractivity contribution in [3.8, 4) is 0 Å². The summed E-state index contributed by atoms with van der Waals surface area (Å²) in [6, 6.07) is 8.16. The topological polar surface area (TPSA) is 44.5 Å². The molecule has 2 N–H and O–H groups in total. The Kier molecular flexibility index (Phi) is 4.59. The van der Waals surface area contributed by atoms with E-state index in [1.807, 2.05) is 19.1 Å². The highest BCUT2D eigenvalue weighted by Crippen LogP contribution is 2.09. The molecular formula is C11H17NO2. The number of methoxy groups -OCH3 is 1. The molecule has 0 amide bonds. The molecule has 1 unspecified atom stereocenters. The monoisotopic (exact) mass is 195 g/mol. The zero-order valence-corrected chi connectivity index (χ0v) is 8.69. The normalized spacial score (nSPS) is 12.8. The summed E-state index contributed by atoms with van der Waals surface area (Å²) in [6.07, 6.45) is 1.15. The Morgan fingerprint density at radius 1 is 1.36 bits per heavy atom. The molecule has 0 aliphatic heterocycles. The van der Waals surface area contributed by atoms with Gasteiger partial charge in [0.2, 0.25) is 0 Å². The molecule has 0 aliphatic carbocycles. The lowest BCUT2D eigenvalue weighted by Crippen LogP contribution is -2.08. The van der Waals surface area contributed by atoms with Gasteiger partial charge < -0.3 is 4.74 Å². The van der Waals surface area contributed by atoms with Crippen molar-refractivity contribution in [1.29, 1.82) is 0 Å². The molecule has 78 valence electrons. The zero-order valence-electron chi connectivity index (χ0n) is 8.69. The Balaban J connectivity index is 2.63. The fourth-order valence-corrected chi connectivity index (χ4v) is 1.36. The molecule has 0 aromatic heterocycles. The summed E-state index contributed by atoms with van der Waals surface area (Å²) in [5.41, 5.74) is 2.34. The molecule has 14 heavy (non-hydrogen) atoms. The van der Waals surface area contributed by atoms with Crippen LogP contribution in [0.25, 0.3) is 0 Å². The van der Waals surface area contributed by atoms with Crippen LogP contribution in [0, 0.1) is 0 Å². The number of hydrogen-bond donors (Lipinski definition) is 1. The molecule has 0 fully saturated rings. The molecule has 1 aromatic rings. The van der Waals surface area contributed by atoms with Crippen LogP contribution in [0.5, 0.6) is 0 Å². The smallest absolute Gasteiger partial charge is 0.0930 e. The second-order valence-corrected chi connectivity index (χ2v) is 3.38. The van der Waals surface area contributed by atoms with E-state index < -0.39 is 0 Å². The van der Waals surface area contributed by atoms with Gasteiger partial charge in [0.05, 0.1) is 12.7 Å². The Labute approximate surface area is 84.8 Å². The third-order valence-electron chi connectivity index (χ3n) is 2.17. The van der Waals surface area contributed by atoms with E-state index in [9.17, 15) is 0 Å². The molecule has 0 heterocycles. The summed E-state index contributed by atoms with van der Waals surface area (Å²) >= 11 is 0. The lowest BCUT2D eigenvalue weighted by atomic mass is 10.1. The number of nitrogens with two attached hydrogens (primary N) is 1. The Morgan fingerprint density at radius 3 is 2.71 bits per heavy atom. The fourth-order valence-electron chi connectivity index (χ4n) is 1.36. The molecule has 1 aromatic carbocycles. The predicted molar refractivity (Wildman–Crippen MR) is 55.6 cm³/mol. The number of benzene rings is 1. The molecule has 1 rings (SSSR count). The second kappa shape index (κ2) is 5.75. The average Bonchev–Trinajstić information content (AvgIpc) is 2.19. The standard InChI is InChI=1S/C11H17NO2/c1-9(13-2)6-10-4-3-5-11(7-10)8-14-12/h3-5,7,9H,6,8,12H2,1-2H3. The molecule has 0 saturated heterocycles. The molecule has 0 saturated carbocycles. The summed E-state index contributed by atoms with van der Waals surface area (Å²) in [5.74, 6) is 5.01.